The topological polar surface area (TPSA) is 68.2 Å². The van der Waals surface area contributed by atoms with E-state index >= 15 is 0 Å². The summed E-state index contributed by atoms with van der Waals surface area (Å²) in [7, 11) is 0. The van der Waals surface area contributed by atoms with Crippen LogP contribution in [0.2, 0.25) is 0 Å². The normalized spacial score (nSPS) is 15.4. The number of aromatic nitrogens is 2. The van der Waals surface area contributed by atoms with Crippen LogP contribution in [-0.4, -0.2) is 28.1 Å². The van der Waals surface area contributed by atoms with Crippen LogP contribution in [0.3, 0.4) is 0 Å². The van der Waals surface area contributed by atoms with Gasteiger partial charge in [-0.15, -0.1) is 0 Å². The van der Waals surface area contributed by atoms with Crippen LogP contribution in [0, 0.1) is 0 Å². The fourth-order valence-electron chi connectivity index (χ4n) is 1.97. The minimum atomic E-state index is 0.260. The number of likely N-dealkylation sites (tertiary alicyclic amines) is 1. The second-order valence-corrected chi connectivity index (χ2v) is 4.42. The molecule has 1 aromatic heterocycles. The van der Waals surface area contributed by atoms with E-state index in [-0.39, 0.29) is 5.92 Å². The van der Waals surface area contributed by atoms with Crippen molar-refractivity contribution in [3.05, 3.63) is 48.6 Å². The maximum Gasteiger partial charge on any atom is 0.233 e. The highest BCUT2D eigenvalue weighted by molar-refractivity contribution is 5.53. The van der Waals surface area contributed by atoms with Gasteiger partial charge in [-0.25, -0.2) is 0 Å². The number of hydrogen-bond acceptors (Lipinski definition) is 5. The van der Waals surface area contributed by atoms with Crippen LogP contribution in [0.15, 0.2) is 47.3 Å². The SMILES string of the molecule is C=C(N)N1CC(c2nc(-c3ccccc3)no2)C1. The van der Waals surface area contributed by atoms with Crippen molar-refractivity contribution in [3.8, 4) is 11.4 Å². The average Bonchev–Trinajstić information content (AvgIpc) is 2.77. The molecule has 1 aromatic carbocycles. The van der Waals surface area contributed by atoms with Crippen molar-refractivity contribution in [2.75, 3.05) is 13.1 Å². The van der Waals surface area contributed by atoms with Gasteiger partial charge in [0.15, 0.2) is 0 Å². The molecule has 5 nitrogen and oxygen atoms in total. The smallest absolute Gasteiger partial charge is 0.233 e. The number of rotatable bonds is 3. The largest absolute Gasteiger partial charge is 0.386 e. The van der Waals surface area contributed by atoms with E-state index in [0.717, 1.165) is 18.7 Å². The highest BCUT2D eigenvalue weighted by Gasteiger charge is 2.32. The molecule has 1 saturated heterocycles. The van der Waals surface area contributed by atoms with Crippen molar-refractivity contribution in [2.24, 2.45) is 5.73 Å². The molecule has 1 aliphatic heterocycles. The Morgan fingerprint density at radius 1 is 1.33 bits per heavy atom. The van der Waals surface area contributed by atoms with Gasteiger partial charge in [0.1, 0.15) is 0 Å². The third kappa shape index (κ3) is 1.84. The molecule has 18 heavy (non-hydrogen) atoms. The Bertz CT molecular complexity index is 557. The summed E-state index contributed by atoms with van der Waals surface area (Å²) >= 11 is 0. The Morgan fingerprint density at radius 3 is 2.72 bits per heavy atom. The summed E-state index contributed by atoms with van der Waals surface area (Å²) in [5, 5.41) is 4.00. The Morgan fingerprint density at radius 2 is 2.06 bits per heavy atom. The third-order valence-corrected chi connectivity index (χ3v) is 3.11. The lowest BCUT2D eigenvalue weighted by atomic mass is 10.0. The Labute approximate surface area is 105 Å². The lowest BCUT2D eigenvalue weighted by Crippen LogP contribution is -2.45. The summed E-state index contributed by atoms with van der Waals surface area (Å²) in [6.45, 7) is 5.29. The molecule has 3 rings (SSSR count). The molecule has 1 fully saturated rings. The zero-order valence-electron chi connectivity index (χ0n) is 9.91. The first-order valence-electron chi connectivity index (χ1n) is 5.82. The molecule has 2 aromatic rings. The van der Waals surface area contributed by atoms with E-state index in [0.29, 0.717) is 17.5 Å². The molecule has 2 N–H and O–H groups in total. The Balaban J connectivity index is 1.74. The molecule has 0 radical (unpaired) electrons. The van der Waals surface area contributed by atoms with Gasteiger partial charge in [0, 0.05) is 18.7 Å². The van der Waals surface area contributed by atoms with Crippen LogP contribution < -0.4 is 5.73 Å². The summed E-state index contributed by atoms with van der Waals surface area (Å²) in [6.07, 6.45) is 0. The summed E-state index contributed by atoms with van der Waals surface area (Å²) in [6, 6.07) is 9.79. The van der Waals surface area contributed by atoms with E-state index in [9.17, 15) is 0 Å². The van der Waals surface area contributed by atoms with Gasteiger partial charge in [0.25, 0.3) is 0 Å². The van der Waals surface area contributed by atoms with Crippen molar-refractivity contribution >= 4 is 0 Å². The molecule has 0 amide bonds. The summed E-state index contributed by atoms with van der Waals surface area (Å²) < 4.78 is 5.29. The van der Waals surface area contributed by atoms with Crippen LogP contribution in [0.4, 0.5) is 0 Å². The number of hydrogen-bond donors (Lipinski definition) is 1. The van der Waals surface area contributed by atoms with Gasteiger partial charge in [-0.2, -0.15) is 4.98 Å². The summed E-state index contributed by atoms with van der Waals surface area (Å²) in [4.78, 5) is 6.40. The maximum absolute atomic E-state index is 5.60. The fraction of sp³-hybridized carbons (Fsp3) is 0.231. The van der Waals surface area contributed by atoms with Crippen LogP contribution in [0.25, 0.3) is 11.4 Å². The molecule has 0 bridgehead atoms. The van der Waals surface area contributed by atoms with E-state index in [2.05, 4.69) is 16.7 Å². The van der Waals surface area contributed by atoms with E-state index in [1.165, 1.54) is 0 Å². The molecule has 0 unspecified atom stereocenters. The molecule has 0 aliphatic carbocycles. The highest BCUT2D eigenvalue weighted by atomic mass is 16.5. The predicted molar refractivity (Wildman–Crippen MR) is 67.4 cm³/mol. The highest BCUT2D eigenvalue weighted by Crippen LogP contribution is 2.28. The first-order valence-corrected chi connectivity index (χ1v) is 5.82. The van der Waals surface area contributed by atoms with Gasteiger partial charge in [-0.1, -0.05) is 42.1 Å². The monoisotopic (exact) mass is 242 g/mol. The Hall–Kier alpha value is -2.30. The number of nitrogens with two attached hydrogens (primary N) is 1. The van der Waals surface area contributed by atoms with Crippen LogP contribution in [0.1, 0.15) is 11.8 Å². The van der Waals surface area contributed by atoms with Crippen LogP contribution in [0.5, 0.6) is 0 Å². The molecule has 0 atom stereocenters. The molecule has 2 heterocycles. The second-order valence-electron chi connectivity index (χ2n) is 4.42. The second kappa shape index (κ2) is 4.18. The van der Waals surface area contributed by atoms with E-state index in [4.69, 9.17) is 10.3 Å². The Kier molecular flexibility index (Phi) is 2.51. The van der Waals surface area contributed by atoms with Gasteiger partial charge < -0.3 is 15.2 Å². The van der Waals surface area contributed by atoms with E-state index < -0.39 is 0 Å². The zero-order valence-corrected chi connectivity index (χ0v) is 9.91. The molecular weight excluding hydrogens is 228 g/mol. The van der Waals surface area contributed by atoms with Gasteiger partial charge in [-0.3, -0.25) is 0 Å². The zero-order chi connectivity index (χ0) is 12.5. The summed E-state index contributed by atoms with van der Waals surface area (Å²) in [5.74, 6) is 2.16. The fourth-order valence-corrected chi connectivity index (χ4v) is 1.97. The quantitative estimate of drug-likeness (QED) is 0.884. The maximum atomic E-state index is 5.60. The molecule has 0 saturated carbocycles. The van der Waals surface area contributed by atoms with Crippen molar-refractivity contribution < 1.29 is 4.52 Å². The van der Waals surface area contributed by atoms with Gasteiger partial charge in [-0.05, 0) is 0 Å². The van der Waals surface area contributed by atoms with Gasteiger partial charge >= 0.3 is 0 Å². The lowest BCUT2D eigenvalue weighted by molar-refractivity contribution is 0.165. The minimum Gasteiger partial charge on any atom is -0.386 e. The van der Waals surface area contributed by atoms with E-state index in [1.807, 2.05) is 35.2 Å². The van der Waals surface area contributed by atoms with Crippen molar-refractivity contribution in [1.82, 2.24) is 15.0 Å². The minimum absolute atomic E-state index is 0.260. The van der Waals surface area contributed by atoms with Gasteiger partial charge in [0.2, 0.25) is 11.7 Å². The average molecular weight is 242 g/mol. The van der Waals surface area contributed by atoms with Gasteiger partial charge in [0.05, 0.1) is 11.7 Å². The standard InChI is InChI=1S/C13H14N4O/c1-9(14)17-7-11(8-17)13-15-12(16-18-13)10-5-3-2-4-6-10/h2-6,11H,1,7-8,14H2. The molecular formula is C13H14N4O. The molecule has 0 spiro atoms. The first kappa shape index (κ1) is 10.8. The van der Waals surface area contributed by atoms with Crippen LogP contribution in [-0.2, 0) is 0 Å². The third-order valence-electron chi connectivity index (χ3n) is 3.11. The van der Waals surface area contributed by atoms with Crippen molar-refractivity contribution in [1.29, 1.82) is 0 Å². The lowest BCUT2D eigenvalue weighted by Gasteiger charge is -2.38. The predicted octanol–water partition coefficient (Wildman–Crippen LogP) is 1.57. The summed E-state index contributed by atoms with van der Waals surface area (Å²) in [5.41, 5.74) is 6.56. The van der Waals surface area contributed by atoms with E-state index in [1.54, 1.807) is 0 Å². The number of benzene rings is 1. The molecule has 92 valence electrons. The van der Waals surface area contributed by atoms with Crippen molar-refractivity contribution in [2.45, 2.75) is 5.92 Å². The molecule has 1 aliphatic rings. The first-order chi connectivity index (χ1) is 8.74. The number of nitrogens with zero attached hydrogens (tertiary/aromatic N) is 3. The van der Waals surface area contributed by atoms with Crippen LogP contribution >= 0.6 is 0 Å². The molecule has 5 heteroatoms. The van der Waals surface area contributed by atoms with Crippen molar-refractivity contribution in [3.63, 3.8) is 0 Å².